The lowest BCUT2D eigenvalue weighted by Gasteiger charge is -2.39. The zero-order chi connectivity index (χ0) is 10.1. The van der Waals surface area contributed by atoms with Crippen LogP contribution in [-0.2, 0) is 0 Å². The first kappa shape index (κ1) is 11.4. The lowest BCUT2D eigenvalue weighted by molar-refractivity contribution is 0.168. The lowest BCUT2D eigenvalue weighted by atomic mass is 9.69. The van der Waals surface area contributed by atoms with Crippen molar-refractivity contribution in [3.05, 3.63) is 0 Å². The second-order valence-electron chi connectivity index (χ2n) is 5.32. The summed E-state index contributed by atoms with van der Waals surface area (Å²) >= 11 is 2.12. The minimum atomic E-state index is 0.418. The molecule has 0 aromatic carbocycles. The van der Waals surface area contributed by atoms with Crippen LogP contribution in [0.2, 0.25) is 0 Å². The van der Waals surface area contributed by atoms with E-state index in [4.69, 9.17) is 5.73 Å². The van der Waals surface area contributed by atoms with Gasteiger partial charge in [0.25, 0.3) is 0 Å². The molecule has 1 rings (SSSR count). The SMILES string of the molecule is CC(C)(CCN)C1CCSC1(C)C. The van der Waals surface area contributed by atoms with Crippen LogP contribution in [-0.4, -0.2) is 17.0 Å². The summed E-state index contributed by atoms with van der Waals surface area (Å²) in [6.07, 6.45) is 2.52. The summed E-state index contributed by atoms with van der Waals surface area (Å²) in [5.74, 6) is 2.15. The standard InChI is InChI=1S/C11H23NS/c1-10(2,6-7-12)9-5-8-13-11(9,3)4/h9H,5-8,12H2,1-4H3. The van der Waals surface area contributed by atoms with Crippen LogP contribution in [0.15, 0.2) is 0 Å². The van der Waals surface area contributed by atoms with E-state index in [1.165, 1.54) is 12.2 Å². The largest absolute Gasteiger partial charge is 0.330 e. The molecule has 1 unspecified atom stereocenters. The molecular formula is C11H23NS. The number of thioether (sulfide) groups is 1. The Morgan fingerprint density at radius 2 is 2.08 bits per heavy atom. The lowest BCUT2D eigenvalue weighted by Crippen LogP contribution is -2.36. The molecule has 0 saturated carbocycles. The van der Waals surface area contributed by atoms with Gasteiger partial charge in [-0.25, -0.2) is 0 Å². The molecule has 0 spiro atoms. The molecule has 0 bridgehead atoms. The first-order chi connectivity index (χ1) is 5.90. The van der Waals surface area contributed by atoms with E-state index in [9.17, 15) is 0 Å². The Labute approximate surface area is 86.8 Å². The molecule has 1 saturated heterocycles. The Kier molecular flexibility index (Phi) is 3.34. The molecule has 1 aliphatic rings. The van der Waals surface area contributed by atoms with E-state index in [0.29, 0.717) is 10.2 Å². The highest BCUT2D eigenvalue weighted by molar-refractivity contribution is 8.00. The molecule has 13 heavy (non-hydrogen) atoms. The summed E-state index contributed by atoms with van der Waals surface area (Å²) in [6.45, 7) is 10.3. The molecule has 1 heterocycles. The Morgan fingerprint density at radius 1 is 1.46 bits per heavy atom. The summed E-state index contributed by atoms with van der Waals surface area (Å²) in [6, 6.07) is 0. The monoisotopic (exact) mass is 201 g/mol. The van der Waals surface area contributed by atoms with Crippen LogP contribution in [0.25, 0.3) is 0 Å². The van der Waals surface area contributed by atoms with Crippen LogP contribution in [0.1, 0.15) is 40.5 Å². The second kappa shape index (κ2) is 3.82. The van der Waals surface area contributed by atoms with Crippen molar-refractivity contribution < 1.29 is 0 Å². The fourth-order valence-electron chi connectivity index (χ4n) is 2.77. The Morgan fingerprint density at radius 3 is 2.46 bits per heavy atom. The average molecular weight is 201 g/mol. The minimum absolute atomic E-state index is 0.418. The Hall–Kier alpha value is 0.310. The van der Waals surface area contributed by atoms with E-state index in [-0.39, 0.29) is 0 Å². The first-order valence-corrected chi connectivity index (χ1v) is 6.23. The average Bonchev–Trinajstić information content (AvgIpc) is 2.29. The van der Waals surface area contributed by atoms with E-state index < -0.39 is 0 Å². The topological polar surface area (TPSA) is 26.0 Å². The fourth-order valence-corrected chi connectivity index (χ4v) is 4.28. The third-order valence-electron chi connectivity index (χ3n) is 3.45. The maximum Gasteiger partial charge on any atom is 0.0137 e. The number of nitrogens with two attached hydrogens (primary N) is 1. The number of rotatable bonds is 3. The van der Waals surface area contributed by atoms with E-state index in [2.05, 4.69) is 39.5 Å². The van der Waals surface area contributed by atoms with Gasteiger partial charge >= 0.3 is 0 Å². The predicted octanol–water partition coefficient (Wildman–Crippen LogP) is 2.89. The quantitative estimate of drug-likeness (QED) is 0.760. The fraction of sp³-hybridized carbons (Fsp3) is 1.00. The van der Waals surface area contributed by atoms with Gasteiger partial charge in [-0.2, -0.15) is 11.8 Å². The highest BCUT2D eigenvalue weighted by Gasteiger charge is 2.43. The summed E-state index contributed by atoms with van der Waals surface area (Å²) in [5, 5.41) is 0. The molecule has 2 heteroatoms. The number of hydrogen-bond acceptors (Lipinski definition) is 2. The summed E-state index contributed by atoms with van der Waals surface area (Å²) < 4.78 is 0.457. The Balaban J connectivity index is 2.69. The predicted molar refractivity (Wildman–Crippen MR) is 62.1 cm³/mol. The summed E-state index contributed by atoms with van der Waals surface area (Å²) in [7, 11) is 0. The maximum absolute atomic E-state index is 5.66. The molecule has 0 amide bonds. The van der Waals surface area contributed by atoms with Crippen LogP contribution >= 0.6 is 11.8 Å². The van der Waals surface area contributed by atoms with Crippen molar-refractivity contribution in [3.8, 4) is 0 Å². The molecule has 0 aromatic heterocycles. The van der Waals surface area contributed by atoms with Gasteiger partial charge < -0.3 is 5.73 Å². The van der Waals surface area contributed by atoms with Gasteiger partial charge in [-0.15, -0.1) is 0 Å². The van der Waals surface area contributed by atoms with E-state index >= 15 is 0 Å². The molecule has 1 fully saturated rings. The molecule has 0 radical (unpaired) electrons. The molecule has 2 N–H and O–H groups in total. The van der Waals surface area contributed by atoms with Gasteiger partial charge in [0.1, 0.15) is 0 Å². The van der Waals surface area contributed by atoms with Crippen molar-refractivity contribution in [2.75, 3.05) is 12.3 Å². The van der Waals surface area contributed by atoms with Crippen LogP contribution in [0, 0.1) is 11.3 Å². The zero-order valence-electron chi connectivity index (χ0n) is 9.39. The molecule has 0 aliphatic carbocycles. The third kappa shape index (κ3) is 2.41. The third-order valence-corrected chi connectivity index (χ3v) is 4.92. The molecular weight excluding hydrogens is 178 g/mol. The highest BCUT2D eigenvalue weighted by atomic mass is 32.2. The molecule has 78 valence electrons. The van der Waals surface area contributed by atoms with E-state index in [0.717, 1.165) is 18.9 Å². The van der Waals surface area contributed by atoms with Gasteiger partial charge in [0.15, 0.2) is 0 Å². The minimum Gasteiger partial charge on any atom is -0.330 e. The normalized spacial score (nSPS) is 27.9. The smallest absolute Gasteiger partial charge is 0.0137 e. The van der Waals surface area contributed by atoms with E-state index in [1.54, 1.807) is 0 Å². The second-order valence-corrected chi connectivity index (χ2v) is 7.07. The van der Waals surface area contributed by atoms with Gasteiger partial charge in [-0.1, -0.05) is 27.7 Å². The molecule has 0 aromatic rings. The van der Waals surface area contributed by atoms with Crippen molar-refractivity contribution in [1.29, 1.82) is 0 Å². The van der Waals surface area contributed by atoms with Crippen molar-refractivity contribution in [2.24, 2.45) is 17.1 Å². The van der Waals surface area contributed by atoms with Gasteiger partial charge in [0, 0.05) is 4.75 Å². The van der Waals surface area contributed by atoms with E-state index in [1.807, 2.05) is 0 Å². The van der Waals surface area contributed by atoms with Crippen LogP contribution in [0.3, 0.4) is 0 Å². The molecule has 1 atom stereocenters. The van der Waals surface area contributed by atoms with Crippen molar-refractivity contribution in [3.63, 3.8) is 0 Å². The van der Waals surface area contributed by atoms with Gasteiger partial charge in [0.05, 0.1) is 0 Å². The van der Waals surface area contributed by atoms with Gasteiger partial charge in [-0.05, 0) is 36.5 Å². The van der Waals surface area contributed by atoms with Crippen molar-refractivity contribution in [1.82, 2.24) is 0 Å². The summed E-state index contributed by atoms with van der Waals surface area (Å²) in [5.41, 5.74) is 6.08. The van der Waals surface area contributed by atoms with Crippen molar-refractivity contribution >= 4 is 11.8 Å². The number of hydrogen-bond donors (Lipinski definition) is 1. The van der Waals surface area contributed by atoms with Crippen LogP contribution in [0.5, 0.6) is 0 Å². The van der Waals surface area contributed by atoms with Crippen LogP contribution < -0.4 is 5.73 Å². The molecule has 1 nitrogen and oxygen atoms in total. The van der Waals surface area contributed by atoms with Gasteiger partial charge in [0.2, 0.25) is 0 Å². The van der Waals surface area contributed by atoms with Gasteiger partial charge in [-0.3, -0.25) is 0 Å². The zero-order valence-corrected chi connectivity index (χ0v) is 10.2. The van der Waals surface area contributed by atoms with Crippen molar-refractivity contribution in [2.45, 2.75) is 45.3 Å². The summed E-state index contributed by atoms with van der Waals surface area (Å²) in [4.78, 5) is 0. The van der Waals surface area contributed by atoms with Crippen LogP contribution in [0.4, 0.5) is 0 Å². The maximum atomic E-state index is 5.66. The first-order valence-electron chi connectivity index (χ1n) is 5.24. The molecule has 1 aliphatic heterocycles. The Bertz CT molecular complexity index is 175. The highest BCUT2D eigenvalue weighted by Crippen LogP contribution is 2.51.